The van der Waals surface area contributed by atoms with Crippen LogP contribution in [-0.2, 0) is 75.0 Å². The molecule has 30 nitrogen and oxygen atoms in total. The predicted octanol–water partition coefficient (Wildman–Crippen LogP) is 13.1. The summed E-state index contributed by atoms with van der Waals surface area (Å²) < 4.78 is 84.8. The van der Waals surface area contributed by atoms with Gasteiger partial charge in [0, 0.05) is 114 Å². The summed E-state index contributed by atoms with van der Waals surface area (Å²) >= 11 is 2.92. The first-order valence-electron chi connectivity index (χ1n) is 43.5. The number of aromatic hydroxyl groups is 2. The molecule has 14 atom stereocenters. The molecule has 2 spiro atoms. The van der Waals surface area contributed by atoms with Gasteiger partial charge in [0.15, 0.2) is 80.1 Å². The molecule has 4 fully saturated rings. The summed E-state index contributed by atoms with van der Waals surface area (Å²) in [5.74, 6) is 1.78. The summed E-state index contributed by atoms with van der Waals surface area (Å²) in [5, 5.41) is 60.9. The number of aliphatic hydroxyl groups is 1. The number of hydrogen-bond donors (Lipinski definition) is 7. The van der Waals surface area contributed by atoms with Gasteiger partial charge < -0.3 is 92.3 Å². The molecular formula is C95H117N7O23S2. The summed E-state index contributed by atoms with van der Waals surface area (Å²) in [6.07, 6.45) is 11.4. The first-order chi connectivity index (χ1) is 60.4. The first-order valence-corrected chi connectivity index (χ1v) is 45.6. The molecule has 0 aromatic heterocycles. The quantitative estimate of drug-likeness (QED) is 0.0212. The first kappa shape index (κ1) is 91.8. The van der Waals surface area contributed by atoms with Gasteiger partial charge in [-0.2, -0.15) is 5.26 Å². The van der Waals surface area contributed by atoms with Gasteiger partial charge in [0.1, 0.15) is 37.0 Å². The fraction of sp³-hybridized carbons (Fsp3) is 0.547. The summed E-state index contributed by atoms with van der Waals surface area (Å²) in [7, 11) is 6.06. The van der Waals surface area contributed by atoms with Crippen molar-refractivity contribution < 1.29 is 110 Å². The van der Waals surface area contributed by atoms with Crippen molar-refractivity contribution in [3.8, 4) is 86.6 Å². The Hall–Kier alpha value is -9.95. The van der Waals surface area contributed by atoms with E-state index in [1.165, 1.54) is 65.8 Å². The number of phenolic OH excluding ortho intramolecular Hbond substituents is 2. The van der Waals surface area contributed by atoms with Crippen molar-refractivity contribution >= 4 is 59.3 Å². The molecule has 20 rings (SSSR count). The molecule has 14 heterocycles. The van der Waals surface area contributed by atoms with E-state index in [-0.39, 0.29) is 95.5 Å². The second kappa shape index (κ2) is 37.3. The number of nitrogens with zero attached hydrogens (tertiary/aromatic N) is 3. The number of fused-ring (bicyclic) bond motifs is 18. The van der Waals surface area contributed by atoms with E-state index in [2.05, 4.69) is 46.1 Å². The standard InChI is InChI=1S/C47H54N4O11S.C46H55N3O12S.2CH4/c1-7-8-9-10-11-12-34(53)62-33-17-26-13-14-49-47(28(26)18-32(33)56-5)21-63-45-37-36(44-43(59-22-60-44)24(3)42(37)61-25(4)52)31(20-58-46(47)55)51-30(19-48)29-16-27-15-23(2)41(57-6)40(54)35(27)38(50-29)39(45)51;1-7-8-9-10-11-12-32(51)61-31-17-25-13-14-47-46(27(25)18-30(31)55-5)20-62-43-35-34(42-41(58-21-59-42)23(3)40(35)60-24(4)50)29(19-57-45(46)54)49-37(43)36-33-26(16-28(48-36)44(49)53)15-22(2)39(56-6)38(33)52;;/h15,17-18,29-31,38-39,45,49-50,54H,7-14,16,20-22H2,1-6H3;15,17-18,28-29,36-37,43-44,47-48,52-53H,7-14,16,19-21H2,1-6H3;2*1H4/t29-,30-,31-,38+,39?,45+,47+;28-,29-,36+,37?,43+,44-,46+;;/m00../s1. The highest BCUT2D eigenvalue weighted by molar-refractivity contribution is 7.99. The number of aliphatic hydroxyl groups excluding tert-OH is 1. The monoisotopic (exact) mass is 1790 g/mol. The molecule has 127 heavy (non-hydrogen) atoms. The molecule has 14 aliphatic rings. The lowest BCUT2D eigenvalue weighted by Gasteiger charge is -2.59. The SMILES string of the molecule is C.C.CCCCCCCC(=O)Oc1cc2c(cc1OC)[C@@]1(CS[C@@H]3c4c(OC(C)=O)c(C)c5c(c4[C@H](COC1=O)N1C3[C@@H]3N[C@@H](Cc4cc(C)c(OC)c(O)c43)[C@@H]1C#N)OCO5)NCC2.CCCCCCCC(=O)Oc1cc2c(cc1OC)[C@@]1(CS[C@@H]3c4c(OC(C)=O)c(C)c5c(c4[C@H](COC1=O)N1C3[C@@H]3N[C@@H](Cc4cc(C)c(OC)c(O)c43)[C@@H]1O)OCO5)NCC2. The maximum atomic E-state index is 15.0. The lowest BCUT2D eigenvalue weighted by atomic mass is 9.72. The van der Waals surface area contributed by atoms with Gasteiger partial charge in [-0.1, -0.05) is 92.2 Å². The van der Waals surface area contributed by atoms with Crippen LogP contribution in [0.4, 0.5) is 0 Å². The molecule has 4 saturated heterocycles. The Morgan fingerprint density at radius 3 is 1.35 bits per heavy atom. The number of rotatable bonds is 20. The van der Waals surface area contributed by atoms with Crippen LogP contribution in [0.1, 0.15) is 243 Å². The molecule has 0 saturated carbocycles. The lowest BCUT2D eigenvalue weighted by Crippen LogP contribution is -2.69. The van der Waals surface area contributed by atoms with Crippen molar-refractivity contribution in [2.75, 3.05) is 79.8 Å². The normalized spacial score (nSPS) is 26.1. The molecule has 14 aliphatic heterocycles. The molecule has 0 radical (unpaired) electrons. The van der Waals surface area contributed by atoms with Crippen molar-refractivity contribution in [1.29, 1.82) is 5.26 Å². The van der Waals surface area contributed by atoms with Crippen LogP contribution in [0.25, 0.3) is 0 Å². The topological polar surface area (TPSA) is 371 Å². The third-order valence-corrected chi connectivity index (χ3v) is 30.0. The largest absolute Gasteiger partial charge is 0.504 e. The number of unbranched alkanes of at least 4 members (excludes halogenated alkanes) is 8. The number of methoxy groups -OCH3 is 4. The third kappa shape index (κ3) is 15.7. The van der Waals surface area contributed by atoms with Gasteiger partial charge in [0.05, 0.1) is 75.2 Å². The Bertz CT molecular complexity index is 5390. The van der Waals surface area contributed by atoms with Crippen molar-refractivity contribution in [3.63, 3.8) is 0 Å². The maximum Gasteiger partial charge on any atom is 0.331 e. The number of ether oxygens (including phenoxy) is 14. The number of benzene rings is 6. The molecule has 682 valence electrons. The van der Waals surface area contributed by atoms with Crippen LogP contribution in [0.5, 0.6) is 80.5 Å². The predicted molar refractivity (Wildman–Crippen MR) is 471 cm³/mol. The van der Waals surface area contributed by atoms with E-state index in [4.69, 9.17) is 66.3 Å². The Balaban J connectivity index is 0.000000193. The Morgan fingerprint density at radius 2 is 0.929 bits per heavy atom. The van der Waals surface area contributed by atoms with E-state index in [1.807, 2.05) is 44.7 Å². The van der Waals surface area contributed by atoms with Crippen LogP contribution in [0.15, 0.2) is 36.4 Å². The molecule has 7 N–H and O–H groups in total. The summed E-state index contributed by atoms with van der Waals surface area (Å²) in [6.45, 7) is 14.7. The molecule has 6 aromatic rings. The summed E-state index contributed by atoms with van der Waals surface area (Å²) in [6, 6.07) is 8.36. The zero-order chi connectivity index (χ0) is 87.9. The highest BCUT2D eigenvalue weighted by Crippen LogP contribution is 2.67. The Labute approximate surface area is 748 Å². The second-order valence-corrected chi connectivity index (χ2v) is 36.7. The van der Waals surface area contributed by atoms with Crippen molar-refractivity contribution in [1.82, 2.24) is 31.1 Å². The van der Waals surface area contributed by atoms with Crippen LogP contribution < -0.4 is 78.1 Å². The Kier molecular flexibility index (Phi) is 26.9. The van der Waals surface area contributed by atoms with E-state index in [1.54, 1.807) is 24.3 Å². The Morgan fingerprint density at radius 1 is 0.512 bits per heavy atom. The number of aryl methyl sites for hydroxylation is 2. The highest BCUT2D eigenvalue weighted by atomic mass is 32.2. The van der Waals surface area contributed by atoms with E-state index in [0.717, 1.165) is 97.6 Å². The zero-order valence-electron chi connectivity index (χ0n) is 72.5. The number of esters is 6. The van der Waals surface area contributed by atoms with Crippen molar-refractivity contribution in [2.24, 2.45) is 0 Å². The molecule has 0 aliphatic carbocycles. The minimum atomic E-state index is -1.41. The summed E-state index contributed by atoms with van der Waals surface area (Å²) in [5.41, 5.74) is 8.46. The zero-order valence-corrected chi connectivity index (χ0v) is 74.2. The van der Waals surface area contributed by atoms with Gasteiger partial charge in [0.25, 0.3) is 0 Å². The van der Waals surface area contributed by atoms with Gasteiger partial charge in [-0.3, -0.25) is 39.6 Å². The molecule has 6 aromatic carbocycles. The second-order valence-electron chi connectivity index (χ2n) is 34.4. The lowest BCUT2D eigenvalue weighted by molar-refractivity contribution is -0.164. The number of phenols is 2. The summed E-state index contributed by atoms with van der Waals surface area (Å²) in [4.78, 5) is 86.2. The van der Waals surface area contributed by atoms with Gasteiger partial charge in [0.2, 0.25) is 13.6 Å². The highest BCUT2D eigenvalue weighted by Gasteiger charge is 2.63. The van der Waals surface area contributed by atoms with E-state index in [9.17, 15) is 44.6 Å². The van der Waals surface area contributed by atoms with Gasteiger partial charge in [-0.05, 0) is 135 Å². The molecule has 2 unspecified atom stereocenters. The van der Waals surface area contributed by atoms with Crippen molar-refractivity contribution in [2.45, 2.75) is 255 Å². The average Bonchev–Trinajstić information content (AvgIpc) is 1.54. The number of nitrogens with one attached hydrogen (secondary N) is 4. The molecule has 8 bridgehead atoms. The van der Waals surface area contributed by atoms with Crippen LogP contribution in [-0.4, -0.2) is 177 Å². The molecule has 32 heteroatoms. The number of thioether (sulfide) groups is 2. The minimum Gasteiger partial charge on any atom is -0.504 e. The number of hydrogen-bond acceptors (Lipinski definition) is 32. The number of nitriles is 1. The number of carbonyl (C=O) groups is 6. The maximum absolute atomic E-state index is 15.0. The number of carbonyl (C=O) groups excluding carboxylic acids is 6. The molecule has 0 amide bonds. The molecular weight excluding hydrogens is 1670 g/mol. The van der Waals surface area contributed by atoms with Crippen LogP contribution in [0.2, 0.25) is 0 Å². The van der Waals surface area contributed by atoms with Crippen LogP contribution in [0, 0.1) is 39.0 Å². The fourth-order valence-corrected chi connectivity index (χ4v) is 25.0. The van der Waals surface area contributed by atoms with Crippen molar-refractivity contribution in [3.05, 3.63) is 125 Å². The average molecular weight is 1790 g/mol. The van der Waals surface area contributed by atoms with E-state index in [0.29, 0.717) is 163 Å². The minimum absolute atomic E-state index is 0. The fourth-order valence-electron chi connectivity index (χ4n) is 21.6. The van der Waals surface area contributed by atoms with E-state index >= 15 is 4.79 Å². The van der Waals surface area contributed by atoms with E-state index < -0.39 is 100 Å². The van der Waals surface area contributed by atoms with Gasteiger partial charge >= 0.3 is 35.8 Å². The van der Waals surface area contributed by atoms with Gasteiger partial charge in [-0.15, -0.1) is 23.5 Å². The third-order valence-electron chi connectivity index (χ3n) is 27.1. The number of piperazine rings is 2. The van der Waals surface area contributed by atoms with Crippen LogP contribution in [0.3, 0.4) is 0 Å². The van der Waals surface area contributed by atoms with Crippen LogP contribution >= 0.6 is 23.5 Å². The smallest absolute Gasteiger partial charge is 0.331 e. The van der Waals surface area contributed by atoms with Gasteiger partial charge in [-0.25, -0.2) is 9.59 Å².